The molecule has 0 atom stereocenters. The number of para-hydroxylation sites is 1. The molecule has 0 radical (unpaired) electrons. The zero-order valence-corrected chi connectivity index (χ0v) is 18.7. The minimum absolute atomic E-state index is 0.0755. The second-order valence-electron chi connectivity index (χ2n) is 7.39. The zero-order chi connectivity index (χ0) is 22.8. The lowest BCUT2D eigenvalue weighted by atomic mass is 10.1. The van der Waals surface area contributed by atoms with Crippen LogP contribution in [0.1, 0.15) is 23.1 Å². The number of aromatic nitrogens is 3. The Bertz CT molecular complexity index is 1270. The average molecular weight is 465 g/mol. The summed E-state index contributed by atoms with van der Waals surface area (Å²) in [5, 5.41) is 6.44. The summed E-state index contributed by atoms with van der Waals surface area (Å²) in [5.41, 5.74) is 1.48. The molecular formula is C24H21FN4O3S. The van der Waals surface area contributed by atoms with Crippen molar-refractivity contribution in [3.05, 3.63) is 77.2 Å². The van der Waals surface area contributed by atoms with E-state index in [4.69, 9.17) is 9.47 Å². The van der Waals surface area contributed by atoms with Crippen LogP contribution in [-0.2, 0) is 6.54 Å². The number of hydrogen-bond donors (Lipinski definition) is 0. The van der Waals surface area contributed by atoms with E-state index in [1.807, 2.05) is 42.6 Å². The van der Waals surface area contributed by atoms with Gasteiger partial charge < -0.3 is 14.4 Å². The number of carbonyl (C=O) groups is 1. The van der Waals surface area contributed by atoms with Crippen molar-refractivity contribution in [2.24, 2.45) is 0 Å². The molecule has 0 unspecified atom stereocenters. The molecule has 9 heteroatoms. The lowest BCUT2D eigenvalue weighted by Crippen LogP contribution is -2.31. The lowest BCUT2D eigenvalue weighted by Gasteiger charge is -2.24. The summed E-state index contributed by atoms with van der Waals surface area (Å²) in [7, 11) is 0. The molecule has 0 spiro atoms. The number of benzene rings is 2. The number of carbonyl (C=O) groups excluding carboxylic acids is 1. The van der Waals surface area contributed by atoms with Gasteiger partial charge in [0.1, 0.15) is 19.0 Å². The van der Waals surface area contributed by atoms with Gasteiger partial charge in [0.15, 0.2) is 17.3 Å². The van der Waals surface area contributed by atoms with E-state index in [1.54, 1.807) is 21.7 Å². The molecule has 0 fully saturated rings. The fourth-order valence-electron chi connectivity index (χ4n) is 3.66. The van der Waals surface area contributed by atoms with E-state index in [-0.39, 0.29) is 17.5 Å². The Kier molecular flexibility index (Phi) is 5.78. The van der Waals surface area contributed by atoms with Crippen molar-refractivity contribution in [2.45, 2.75) is 13.5 Å². The van der Waals surface area contributed by atoms with Crippen molar-refractivity contribution in [2.75, 3.05) is 19.8 Å². The van der Waals surface area contributed by atoms with Crippen LogP contribution in [0.4, 0.5) is 4.39 Å². The highest BCUT2D eigenvalue weighted by Crippen LogP contribution is 2.34. The van der Waals surface area contributed by atoms with Gasteiger partial charge in [-0.1, -0.05) is 18.2 Å². The number of rotatable bonds is 6. The summed E-state index contributed by atoms with van der Waals surface area (Å²) in [4.78, 5) is 20.5. The molecular weight excluding hydrogens is 443 g/mol. The van der Waals surface area contributed by atoms with Crippen LogP contribution in [0.3, 0.4) is 0 Å². The molecule has 2 aromatic carbocycles. The molecule has 33 heavy (non-hydrogen) atoms. The van der Waals surface area contributed by atoms with E-state index < -0.39 is 0 Å². The van der Waals surface area contributed by atoms with Gasteiger partial charge in [0.2, 0.25) is 5.82 Å². The molecule has 0 saturated heterocycles. The van der Waals surface area contributed by atoms with E-state index in [9.17, 15) is 9.18 Å². The fraction of sp³-hybridized carbons (Fsp3) is 0.208. The van der Waals surface area contributed by atoms with Gasteiger partial charge in [0.25, 0.3) is 5.91 Å². The number of hydrogen-bond acceptors (Lipinski definition) is 6. The molecule has 1 amide bonds. The fourth-order valence-corrected chi connectivity index (χ4v) is 4.36. The van der Waals surface area contributed by atoms with Gasteiger partial charge in [-0.15, -0.1) is 16.4 Å². The summed E-state index contributed by atoms with van der Waals surface area (Å²) in [6, 6.07) is 15.4. The van der Waals surface area contributed by atoms with E-state index >= 15 is 0 Å². The third kappa shape index (κ3) is 4.19. The molecule has 2 aromatic heterocycles. The van der Waals surface area contributed by atoms with Crippen LogP contribution in [0.2, 0.25) is 0 Å². The largest absolute Gasteiger partial charge is 0.486 e. The average Bonchev–Trinajstić information content (AvgIpc) is 3.53. The van der Waals surface area contributed by atoms with Crippen molar-refractivity contribution in [3.8, 4) is 27.9 Å². The van der Waals surface area contributed by atoms with Crippen LogP contribution >= 0.6 is 11.3 Å². The SMILES string of the molecule is CCN(Cc1cccc2c1OCCO2)C(=O)c1nc(-c2cccs2)n(-c2ccc(F)cc2)n1. The van der Waals surface area contributed by atoms with Gasteiger partial charge in [-0.2, -0.15) is 0 Å². The Morgan fingerprint density at radius 2 is 1.94 bits per heavy atom. The van der Waals surface area contributed by atoms with E-state index in [0.29, 0.717) is 49.3 Å². The van der Waals surface area contributed by atoms with Crippen LogP contribution in [0, 0.1) is 5.82 Å². The van der Waals surface area contributed by atoms with Crippen molar-refractivity contribution in [1.29, 1.82) is 0 Å². The third-order valence-corrected chi connectivity index (χ3v) is 6.15. The van der Waals surface area contributed by atoms with Gasteiger partial charge in [-0.25, -0.2) is 14.1 Å². The molecule has 1 aliphatic heterocycles. The number of halogens is 1. The third-order valence-electron chi connectivity index (χ3n) is 5.29. The highest BCUT2D eigenvalue weighted by atomic mass is 32.1. The first-order valence-electron chi connectivity index (χ1n) is 10.6. The van der Waals surface area contributed by atoms with E-state index in [1.165, 1.54) is 23.5 Å². The zero-order valence-electron chi connectivity index (χ0n) is 17.9. The quantitative estimate of drug-likeness (QED) is 0.418. The molecule has 0 aliphatic carbocycles. The van der Waals surface area contributed by atoms with E-state index in [2.05, 4.69) is 10.1 Å². The lowest BCUT2D eigenvalue weighted by molar-refractivity contribution is 0.0737. The Hall–Kier alpha value is -3.72. The first kappa shape index (κ1) is 21.1. The Morgan fingerprint density at radius 1 is 1.12 bits per heavy atom. The molecule has 7 nitrogen and oxygen atoms in total. The molecule has 5 rings (SSSR count). The molecule has 4 aromatic rings. The van der Waals surface area contributed by atoms with Gasteiger partial charge in [0.05, 0.1) is 10.6 Å². The molecule has 0 N–H and O–H groups in total. The van der Waals surface area contributed by atoms with Crippen LogP contribution in [0.25, 0.3) is 16.4 Å². The topological polar surface area (TPSA) is 69.5 Å². The van der Waals surface area contributed by atoms with Crippen LogP contribution in [0.5, 0.6) is 11.5 Å². The normalized spacial score (nSPS) is 12.5. The van der Waals surface area contributed by atoms with Crippen LogP contribution in [0.15, 0.2) is 60.0 Å². The smallest absolute Gasteiger partial charge is 0.293 e. The number of thiophene rings is 1. The Balaban J connectivity index is 1.49. The number of ether oxygens (including phenoxy) is 2. The maximum Gasteiger partial charge on any atom is 0.293 e. The van der Waals surface area contributed by atoms with Gasteiger partial charge in [-0.05, 0) is 48.7 Å². The summed E-state index contributed by atoms with van der Waals surface area (Å²) >= 11 is 1.49. The maximum absolute atomic E-state index is 13.5. The summed E-state index contributed by atoms with van der Waals surface area (Å²) in [6.07, 6.45) is 0. The predicted molar refractivity (Wildman–Crippen MR) is 122 cm³/mol. The molecule has 0 bridgehead atoms. The molecule has 0 saturated carbocycles. The summed E-state index contributed by atoms with van der Waals surface area (Å²) in [5.74, 6) is 1.31. The molecule has 1 aliphatic rings. The second kappa shape index (κ2) is 9.03. The minimum atomic E-state index is -0.345. The van der Waals surface area contributed by atoms with Gasteiger partial charge in [-0.3, -0.25) is 4.79 Å². The summed E-state index contributed by atoms with van der Waals surface area (Å²) < 4.78 is 26.5. The second-order valence-corrected chi connectivity index (χ2v) is 8.33. The first-order chi connectivity index (χ1) is 16.1. The van der Waals surface area contributed by atoms with Crippen molar-refractivity contribution < 1.29 is 18.7 Å². The highest BCUT2D eigenvalue weighted by Gasteiger charge is 2.25. The van der Waals surface area contributed by atoms with E-state index in [0.717, 1.165) is 10.4 Å². The Labute approximate surface area is 194 Å². The monoisotopic (exact) mass is 464 g/mol. The van der Waals surface area contributed by atoms with Crippen molar-refractivity contribution in [1.82, 2.24) is 19.7 Å². The van der Waals surface area contributed by atoms with Crippen LogP contribution in [-0.4, -0.2) is 45.3 Å². The standard InChI is InChI=1S/C24H21FN4O3S/c1-2-28(15-16-5-3-6-19-21(16)32-13-12-31-19)24(30)22-26-23(20-7-4-14-33-20)29(27-22)18-10-8-17(25)9-11-18/h3-11,14H,2,12-13,15H2,1H3. The minimum Gasteiger partial charge on any atom is -0.486 e. The van der Waals surface area contributed by atoms with Crippen molar-refractivity contribution in [3.63, 3.8) is 0 Å². The van der Waals surface area contributed by atoms with Gasteiger partial charge >= 0.3 is 0 Å². The predicted octanol–water partition coefficient (Wildman–Crippen LogP) is 4.57. The highest BCUT2D eigenvalue weighted by molar-refractivity contribution is 7.13. The van der Waals surface area contributed by atoms with Crippen LogP contribution < -0.4 is 9.47 Å². The number of fused-ring (bicyclic) bond motifs is 1. The maximum atomic E-state index is 13.5. The summed E-state index contributed by atoms with van der Waals surface area (Å²) in [6.45, 7) is 3.67. The number of amides is 1. The van der Waals surface area contributed by atoms with Gasteiger partial charge in [0, 0.05) is 18.7 Å². The Morgan fingerprint density at radius 3 is 2.70 bits per heavy atom. The molecule has 168 valence electrons. The molecule has 3 heterocycles. The van der Waals surface area contributed by atoms with Crippen molar-refractivity contribution >= 4 is 17.2 Å². The first-order valence-corrected chi connectivity index (χ1v) is 11.5. The number of nitrogens with zero attached hydrogens (tertiary/aromatic N) is 4.